The first-order chi connectivity index (χ1) is 14.8. The molecule has 2 aromatic carbocycles. The van der Waals surface area contributed by atoms with E-state index in [4.69, 9.17) is 9.47 Å². The summed E-state index contributed by atoms with van der Waals surface area (Å²) in [7, 11) is -8.27. The van der Waals surface area contributed by atoms with Gasteiger partial charge in [0.2, 0.25) is 0 Å². The van der Waals surface area contributed by atoms with Crippen molar-refractivity contribution in [2.45, 2.75) is 53.3 Å². The highest BCUT2D eigenvalue weighted by Gasteiger charge is 2.39. The van der Waals surface area contributed by atoms with Gasteiger partial charge in [0, 0.05) is 6.61 Å². The summed E-state index contributed by atoms with van der Waals surface area (Å²) in [5, 5.41) is 0. The first-order valence-electron chi connectivity index (χ1n) is 10.3. The predicted octanol–water partition coefficient (Wildman–Crippen LogP) is 4.14. The van der Waals surface area contributed by atoms with Gasteiger partial charge in [0.1, 0.15) is 0 Å². The van der Waals surface area contributed by atoms with Gasteiger partial charge in [0.15, 0.2) is 30.5 Å². The molecule has 0 radical (unpaired) electrons. The maximum atomic E-state index is 13.3. The first-order valence-corrected chi connectivity index (χ1v) is 13.4. The van der Waals surface area contributed by atoms with Gasteiger partial charge in [-0.15, -0.1) is 0 Å². The van der Waals surface area contributed by atoms with Crippen molar-refractivity contribution in [2.75, 3.05) is 13.2 Å². The van der Waals surface area contributed by atoms with Gasteiger partial charge >= 0.3 is 0 Å². The molecule has 0 N–H and O–H groups in total. The quantitative estimate of drug-likeness (QED) is 0.519. The number of sulfone groups is 2. The molecule has 31 heavy (non-hydrogen) atoms. The summed E-state index contributed by atoms with van der Waals surface area (Å²) in [6, 6.07) is 15.4. The first kappa shape index (κ1) is 23.7. The Balaban J connectivity index is 1.86. The van der Waals surface area contributed by atoms with Gasteiger partial charge in [-0.1, -0.05) is 48.0 Å². The molecular weight excluding hydrogens is 436 g/mol. The highest BCUT2D eigenvalue weighted by molar-refractivity contribution is 8.09. The number of ether oxygens (including phenoxy) is 2. The van der Waals surface area contributed by atoms with Crippen LogP contribution in [0.15, 0.2) is 82.1 Å². The molecule has 1 unspecified atom stereocenters. The van der Waals surface area contributed by atoms with E-state index in [9.17, 15) is 16.8 Å². The fraction of sp³-hybridized carbons (Fsp3) is 0.391. The minimum absolute atomic E-state index is 0.0163. The molecule has 1 atom stereocenters. The molecule has 168 valence electrons. The van der Waals surface area contributed by atoms with Gasteiger partial charge in [0.05, 0.1) is 16.4 Å². The van der Waals surface area contributed by atoms with Crippen LogP contribution in [0.2, 0.25) is 0 Å². The van der Waals surface area contributed by atoms with Crippen LogP contribution in [0.4, 0.5) is 0 Å². The SMILES string of the molecule is C/C(=C\CC(S(=O)(=O)c1ccccc1)S(=O)(=O)c1ccccc1)COC1CCCCO1. The second kappa shape index (κ2) is 10.5. The van der Waals surface area contributed by atoms with Crippen molar-refractivity contribution >= 4 is 19.7 Å². The summed E-state index contributed by atoms with van der Waals surface area (Å²) < 4.78 is 62.9. The molecule has 1 saturated heterocycles. The van der Waals surface area contributed by atoms with Crippen LogP contribution >= 0.6 is 0 Å². The Morgan fingerprint density at radius 3 is 2.00 bits per heavy atom. The Morgan fingerprint density at radius 2 is 1.52 bits per heavy atom. The highest BCUT2D eigenvalue weighted by atomic mass is 32.3. The van der Waals surface area contributed by atoms with E-state index in [1.807, 2.05) is 0 Å². The van der Waals surface area contributed by atoms with Gasteiger partial charge in [-0.2, -0.15) is 0 Å². The number of hydrogen-bond acceptors (Lipinski definition) is 6. The lowest BCUT2D eigenvalue weighted by Gasteiger charge is -2.23. The third kappa shape index (κ3) is 6.04. The van der Waals surface area contributed by atoms with E-state index in [0.717, 1.165) is 24.8 Å². The van der Waals surface area contributed by atoms with E-state index >= 15 is 0 Å². The minimum atomic E-state index is -4.14. The van der Waals surface area contributed by atoms with Crippen molar-refractivity contribution in [1.29, 1.82) is 0 Å². The molecule has 8 heteroatoms. The van der Waals surface area contributed by atoms with E-state index in [1.165, 1.54) is 24.3 Å². The normalized spacial score (nSPS) is 18.3. The van der Waals surface area contributed by atoms with Crippen molar-refractivity contribution in [3.8, 4) is 0 Å². The van der Waals surface area contributed by atoms with Crippen molar-refractivity contribution in [2.24, 2.45) is 0 Å². The second-order valence-corrected chi connectivity index (χ2v) is 12.1. The van der Waals surface area contributed by atoms with Crippen molar-refractivity contribution in [3.63, 3.8) is 0 Å². The third-order valence-corrected chi connectivity index (χ3v) is 10.3. The molecule has 1 fully saturated rings. The largest absolute Gasteiger partial charge is 0.353 e. The molecule has 1 aliphatic rings. The fourth-order valence-corrected chi connectivity index (χ4v) is 7.75. The molecular formula is C23H28O6S2. The maximum Gasteiger partial charge on any atom is 0.196 e. The van der Waals surface area contributed by atoms with E-state index < -0.39 is 24.3 Å². The Hall–Kier alpha value is -2.00. The molecule has 6 nitrogen and oxygen atoms in total. The Kier molecular flexibility index (Phi) is 8.05. The van der Waals surface area contributed by atoms with Crippen LogP contribution in [0.5, 0.6) is 0 Å². The van der Waals surface area contributed by atoms with Gasteiger partial charge in [-0.05, 0) is 56.9 Å². The number of rotatable bonds is 9. The molecule has 1 heterocycles. The van der Waals surface area contributed by atoms with E-state index in [1.54, 1.807) is 49.4 Å². The smallest absolute Gasteiger partial charge is 0.196 e. The van der Waals surface area contributed by atoms with Crippen LogP contribution < -0.4 is 0 Å². The third-order valence-electron chi connectivity index (χ3n) is 5.13. The monoisotopic (exact) mass is 464 g/mol. The number of hydrogen-bond donors (Lipinski definition) is 0. The molecule has 0 aromatic heterocycles. The van der Waals surface area contributed by atoms with Crippen LogP contribution in [-0.4, -0.2) is 40.9 Å². The predicted molar refractivity (Wildman–Crippen MR) is 119 cm³/mol. The van der Waals surface area contributed by atoms with E-state index in [0.29, 0.717) is 6.61 Å². The summed E-state index contributed by atoms with van der Waals surface area (Å²) in [6.45, 7) is 2.72. The van der Waals surface area contributed by atoms with Crippen molar-refractivity contribution < 1.29 is 26.3 Å². The number of benzene rings is 2. The van der Waals surface area contributed by atoms with Crippen LogP contribution in [0, 0.1) is 0 Å². The van der Waals surface area contributed by atoms with Crippen LogP contribution in [0.1, 0.15) is 32.6 Å². The summed E-state index contributed by atoms with van der Waals surface area (Å²) in [4.78, 5) is -0.0326. The minimum Gasteiger partial charge on any atom is -0.353 e. The van der Waals surface area contributed by atoms with Gasteiger partial charge in [-0.3, -0.25) is 0 Å². The zero-order valence-electron chi connectivity index (χ0n) is 17.5. The molecule has 0 saturated carbocycles. The Morgan fingerprint density at radius 1 is 0.968 bits per heavy atom. The number of allylic oxidation sites excluding steroid dienone is 1. The molecule has 0 spiro atoms. The zero-order chi connectivity index (χ0) is 22.3. The van der Waals surface area contributed by atoms with Gasteiger partial charge in [0.25, 0.3) is 0 Å². The van der Waals surface area contributed by atoms with E-state index in [2.05, 4.69) is 0 Å². The van der Waals surface area contributed by atoms with E-state index in [-0.39, 0.29) is 29.1 Å². The highest BCUT2D eigenvalue weighted by Crippen LogP contribution is 2.28. The van der Waals surface area contributed by atoms with Gasteiger partial charge in [-0.25, -0.2) is 16.8 Å². The average Bonchev–Trinajstić information content (AvgIpc) is 2.79. The second-order valence-electron chi connectivity index (χ2n) is 7.54. The van der Waals surface area contributed by atoms with Crippen molar-refractivity contribution in [3.05, 3.63) is 72.3 Å². The topological polar surface area (TPSA) is 86.7 Å². The zero-order valence-corrected chi connectivity index (χ0v) is 19.1. The summed E-state index contributed by atoms with van der Waals surface area (Å²) in [6.07, 6.45) is 4.07. The van der Waals surface area contributed by atoms with Crippen LogP contribution in [-0.2, 0) is 29.1 Å². The molecule has 3 rings (SSSR count). The van der Waals surface area contributed by atoms with Gasteiger partial charge < -0.3 is 9.47 Å². The van der Waals surface area contributed by atoms with Crippen LogP contribution in [0.25, 0.3) is 0 Å². The molecule has 0 bridgehead atoms. The average molecular weight is 465 g/mol. The molecule has 0 aliphatic carbocycles. The Bertz CT molecular complexity index is 1000. The maximum absolute atomic E-state index is 13.3. The summed E-state index contributed by atoms with van der Waals surface area (Å²) >= 11 is 0. The van der Waals surface area contributed by atoms with Crippen LogP contribution in [0.3, 0.4) is 0 Å². The lowest BCUT2D eigenvalue weighted by molar-refractivity contribution is -0.156. The Labute approximate surface area is 184 Å². The molecule has 1 aliphatic heterocycles. The summed E-state index contributed by atoms with van der Waals surface area (Å²) in [5.41, 5.74) is 0.755. The lowest BCUT2D eigenvalue weighted by atomic mass is 10.2. The summed E-state index contributed by atoms with van der Waals surface area (Å²) in [5.74, 6) is 0. The molecule has 0 amide bonds. The molecule has 2 aromatic rings. The fourth-order valence-electron chi connectivity index (χ4n) is 3.37. The standard InChI is InChI=1S/C23H28O6S2/c1-19(18-29-22-14-8-9-17-28-22)15-16-23(30(24,25)20-10-4-2-5-11-20)31(26,27)21-12-6-3-7-13-21/h2-7,10-13,15,22-23H,8-9,14,16-18H2,1H3/b19-15+. The lowest BCUT2D eigenvalue weighted by Crippen LogP contribution is -2.30. The van der Waals surface area contributed by atoms with Crippen molar-refractivity contribution in [1.82, 2.24) is 0 Å².